The summed E-state index contributed by atoms with van der Waals surface area (Å²) >= 11 is 0. The highest BCUT2D eigenvalue weighted by atomic mass is 19.4. The van der Waals surface area contributed by atoms with Crippen molar-refractivity contribution >= 4 is 5.97 Å². The van der Waals surface area contributed by atoms with Gasteiger partial charge in [0.1, 0.15) is 17.9 Å². The van der Waals surface area contributed by atoms with Crippen molar-refractivity contribution < 1.29 is 31.8 Å². The predicted octanol–water partition coefficient (Wildman–Crippen LogP) is 4.68. The molecule has 0 spiro atoms. The zero-order valence-corrected chi connectivity index (χ0v) is 13.1. The summed E-state index contributed by atoms with van der Waals surface area (Å²) < 4.78 is 58.2. The Morgan fingerprint density at radius 2 is 1.76 bits per heavy atom. The Hall–Kier alpha value is -2.56. The molecular weight excluding hydrogens is 342 g/mol. The average molecular weight is 357 g/mol. The monoisotopic (exact) mass is 357 g/mol. The zero-order chi connectivity index (χ0) is 18.4. The fraction of sp³-hybridized carbons (Fsp3) is 0.412. The molecule has 0 radical (unpaired) electrons. The van der Waals surface area contributed by atoms with Gasteiger partial charge >= 0.3 is 12.3 Å². The van der Waals surface area contributed by atoms with E-state index in [0.29, 0.717) is 25.7 Å². The maximum Gasteiger partial charge on any atom is 0.573 e. The highest BCUT2D eigenvalue weighted by Crippen LogP contribution is 2.29. The van der Waals surface area contributed by atoms with E-state index in [1.54, 1.807) is 0 Å². The van der Waals surface area contributed by atoms with Gasteiger partial charge < -0.3 is 9.47 Å². The molecule has 2 rings (SSSR count). The molecule has 1 aromatic rings. The third-order valence-electron chi connectivity index (χ3n) is 3.81. The SMILES string of the molecule is N#CC(F)=CC1CCC(OC(=O)c2ccc(OC(F)(F)F)cc2)CC1. The average Bonchev–Trinajstić information content (AvgIpc) is 2.55. The van der Waals surface area contributed by atoms with Crippen molar-refractivity contribution in [2.45, 2.75) is 38.1 Å². The second-order valence-corrected chi connectivity index (χ2v) is 5.64. The minimum Gasteiger partial charge on any atom is -0.459 e. The number of rotatable bonds is 4. The number of carbonyl (C=O) groups excluding carboxylic acids is 1. The van der Waals surface area contributed by atoms with E-state index in [9.17, 15) is 22.4 Å². The molecule has 0 aromatic heterocycles. The lowest BCUT2D eigenvalue weighted by molar-refractivity contribution is -0.274. The van der Waals surface area contributed by atoms with E-state index in [1.165, 1.54) is 24.3 Å². The standard InChI is InChI=1S/C17H15F4NO3/c18-13(10-22)9-11-1-5-14(6-2-11)24-16(23)12-3-7-15(8-4-12)25-17(19,20)21/h3-4,7-9,11,14H,1-2,5-6H2. The van der Waals surface area contributed by atoms with E-state index in [2.05, 4.69) is 4.74 Å². The first-order chi connectivity index (χ1) is 11.8. The van der Waals surface area contributed by atoms with Gasteiger partial charge in [-0.25, -0.2) is 4.79 Å². The zero-order valence-electron chi connectivity index (χ0n) is 13.1. The Labute approximate surface area is 141 Å². The van der Waals surface area contributed by atoms with Crippen molar-refractivity contribution in [3.05, 3.63) is 41.7 Å². The first kappa shape index (κ1) is 18.8. The summed E-state index contributed by atoms with van der Waals surface area (Å²) in [4.78, 5) is 12.0. The number of alkyl halides is 3. The summed E-state index contributed by atoms with van der Waals surface area (Å²) in [6, 6.07) is 5.89. The molecule has 1 saturated carbocycles. The van der Waals surface area contributed by atoms with Crippen LogP contribution in [-0.4, -0.2) is 18.4 Å². The summed E-state index contributed by atoms with van der Waals surface area (Å²) in [5.74, 6) is -1.94. The molecule has 1 aromatic carbocycles. The Balaban J connectivity index is 1.86. The number of benzene rings is 1. The quantitative estimate of drug-likeness (QED) is 0.446. The van der Waals surface area contributed by atoms with Crippen LogP contribution >= 0.6 is 0 Å². The van der Waals surface area contributed by atoms with Crippen molar-refractivity contribution in [2.24, 2.45) is 5.92 Å². The third-order valence-corrected chi connectivity index (χ3v) is 3.81. The first-order valence-electron chi connectivity index (χ1n) is 7.61. The van der Waals surface area contributed by atoms with Crippen LogP contribution in [-0.2, 0) is 4.74 Å². The number of carbonyl (C=O) groups is 1. The number of esters is 1. The van der Waals surface area contributed by atoms with E-state index >= 15 is 0 Å². The van der Waals surface area contributed by atoms with Gasteiger partial charge in [-0.3, -0.25) is 0 Å². The third kappa shape index (κ3) is 6.10. The second kappa shape index (κ2) is 8.01. The number of nitrogens with zero attached hydrogens (tertiary/aromatic N) is 1. The fourth-order valence-corrected chi connectivity index (χ4v) is 2.63. The number of nitriles is 1. The summed E-state index contributed by atoms with van der Waals surface area (Å²) in [6.07, 6.45) is -1.62. The normalized spacial score (nSPS) is 21.3. The van der Waals surface area contributed by atoms with Crippen molar-refractivity contribution in [3.8, 4) is 11.8 Å². The van der Waals surface area contributed by atoms with Gasteiger partial charge in [-0.15, -0.1) is 13.2 Å². The van der Waals surface area contributed by atoms with Gasteiger partial charge in [0.05, 0.1) is 5.56 Å². The van der Waals surface area contributed by atoms with Gasteiger partial charge in [0.15, 0.2) is 5.83 Å². The lowest BCUT2D eigenvalue weighted by Gasteiger charge is -2.26. The molecule has 0 N–H and O–H groups in total. The van der Waals surface area contributed by atoms with Gasteiger partial charge in [-0.1, -0.05) is 0 Å². The van der Waals surface area contributed by atoms with E-state index in [4.69, 9.17) is 10.00 Å². The molecule has 25 heavy (non-hydrogen) atoms. The van der Waals surface area contributed by atoms with Crippen LogP contribution in [0.1, 0.15) is 36.0 Å². The van der Waals surface area contributed by atoms with Crippen LogP contribution in [0.15, 0.2) is 36.2 Å². The summed E-state index contributed by atoms with van der Waals surface area (Å²) in [5, 5.41) is 8.41. The minimum absolute atomic E-state index is 0.0617. The van der Waals surface area contributed by atoms with E-state index < -0.39 is 23.9 Å². The Morgan fingerprint density at radius 1 is 1.16 bits per heavy atom. The second-order valence-electron chi connectivity index (χ2n) is 5.64. The lowest BCUT2D eigenvalue weighted by Crippen LogP contribution is -2.24. The van der Waals surface area contributed by atoms with E-state index in [0.717, 1.165) is 12.1 Å². The molecule has 1 aliphatic carbocycles. The summed E-state index contributed by atoms with van der Waals surface area (Å²) in [5.41, 5.74) is 0.118. The summed E-state index contributed by atoms with van der Waals surface area (Å²) in [6.45, 7) is 0. The topological polar surface area (TPSA) is 59.3 Å². The molecule has 4 nitrogen and oxygen atoms in total. The molecule has 1 aliphatic rings. The molecular formula is C17H15F4NO3. The molecule has 0 saturated heterocycles. The molecule has 0 unspecified atom stereocenters. The Kier molecular flexibility index (Phi) is 6.02. The molecule has 134 valence electrons. The van der Waals surface area contributed by atoms with Crippen LogP contribution in [0, 0.1) is 17.2 Å². The molecule has 0 atom stereocenters. The summed E-state index contributed by atoms with van der Waals surface area (Å²) in [7, 11) is 0. The molecule has 0 amide bonds. The van der Waals surface area contributed by atoms with E-state index in [1.807, 2.05) is 0 Å². The highest BCUT2D eigenvalue weighted by Gasteiger charge is 2.31. The lowest BCUT2D eigenvalue weighted by atomic mass is 9.87. The Morgan fingerprint density at radius 3 is 2.28 bits per heavy atom. The molecule has 8 heteroatoms. The van der Waals surface area contributed by atoms with Crippen LogP contribution in [0.25, 0.3) is 0 Å². The maximum atomic E-state index is 12.9. The van der Waals surface area contributed by atoms with E-state index in [-0.39, 0.29) is 17.6 Å². The van der Waals surface area contributed by atoms with Crippen molar-refractivity contribution in [2.75, 3.05) is 0 Å². The number of hydrogen-bond donors (Lipinski definition) is 0. The smallest absolute Gasteiger partial charge is 0.459 e. The number of hydrogen-bond acceptors (Lipinski definition) is 4. The van der Waals surface area contributed by atoms with Crippen LogP contribution in [0.3, 0.4) is 0 Å². The van der Waals surface area contributed by atoms with Gasteiger partial charge in [-0.2, -0.15) is 9.65 Å². The van der Waals surface area contributed by atoms with Crippen molar-refractivity contribution in [1.29, 1.82) is 5.26 Å². The number of halogens is 4. The van der Waals surface area contributed by atoms with Crippen molar-refractivity contribution in [1.82, 2.24) is 0 Å². The number of allylic oxidation sites excluding steroid dienone is 2. The van der Waals surface area contributed by atoms with Gasteiger partial charge in [0.2, 0.25) is 0 Å². The van der Waals surface area contributed by atoms with Crippen LogP contribution in [0.2, 0.25) is 0 Å². The Bertz CT molecular complexity index is 669. The van der Waals surface area contributed by atoms with Gasteiger partial charge in [0, 0.05) is 0 Å². The fourth-order valence-electron chi connectivity index (χ4n) is 2.63. The largest absolute Gasteiger partial charge is 0.573 e. The minimum atomic E-state index is -4.79. The molecule has 0 bridgehead atoms. The van der Waals surface area contributed by atoms with Crippen LogP contribution < -0.4 is 4.74 Å². The van der Waals surface area contributed by atoms with Gasteiger partial charge in [0.25, 0.3) is 0 Å². The predicted molar refractivity (Wildman–Crippen MR) is 79.1 cm³/mol. The molecule has 0 heterocycles. The molecule has 0 aliphatic heterocycles. The van der Waals surface area contributed by atoms with Crippen LogP contribution in [0.5, 0.6) is 5.75 Å². The number of ether oxygens (including phenoxy) is 2. The van der Waals surface area contributed by atoms with Crippen molar-refractivity contribution in [3.63, 3.8) is 0 Å². The van der Waals surface area contributed by atoms with Crippen LogP contribution in [0.4, 0.5) is 17.6 Å². The molecule has 1 fully saturated rings. The first-order valence-corrected chi connectivity index (χ1v) is 7.61. The maximum absolute atomic E-state index is 12.9. The van der Waals surface area contributed by atoms with Gasteiger partial charge in [-0.05, 0) is 61.9 Å². The highest BCUT2D eigenvalue weighted by molar-refractivity contribution is 5.89.